The summed E-state index contributed by atoms with van der Waals surface area (Å²) >= 11 is 0. The number of nitrogens with one attached hydrogen (secondary N) is 1. The smallest absolute Gasteiger partial charge is 0.236 e. The number of hydrogen-bond donors (Lipinski definition) is 2. The summed E-state index contributed by atoms with van der Waals surface area (Å²) in [5.41, 5.74) is 5.25. The first-order chi connectivity index (χ1) is 7.00. The van der Waals surface area contributed by atoms with Gasteiger partial charge in [0.05, 0.1) is 12.3 Å². The van der Waals surface area contributed by atoms with E-state index >= 15 is 0 Å². The quantitative estimate of drug-likeness (QED) is 0.619. The Labute approximate surface area is 89.9 Å². The molecule has 0 aromatic carbocycles. The number of nitrogens with zero attached hydrogens (tertiary/aromatic N) is 1. The third-order valence-electron chi connectivity index (χ3n) is 2.59. The van der Waals surface area contributed by atoms with E-state index in [0.717, 1.165) is 12.8 Å². The van der Waals surface area contributed by atoms with Gasteiger partial charge < -0.3 is 10.6 Å². The second kappa shape index (κ2) is 4.91. The zero-order chi connectivity index (χ0) is 11.5. The van der Waals surface area contributed by atoms with Gasteiger partial charge in [0.15, 0.2) is 0 Å². The van der Waals surface area contributed by atoms with Crippen molar-refractivity contribution in [1.29, 1.82) is 0 Å². The Morgan fingerprint density at radius 1 is 1.60 bits per heavy atom. The minimum Gasteiger partial charge on any atom is -0.338 e. The van der Waals surface area contributed by atoms with Gasteiger partial charge in [0.25, 0.3) is 0 Å². The van der Waals surface area contributed by atoms with Crippen molar-refractivity contribution in [2.75, 3.05) is 25.9 Å². The standard InChI is InChI=1S/C8H17N3O3S/c1-10-15(13,14)6-7-3-2-4-11(7)8(12)5-9/h7,10H,2-6,9H2,1H3. The van der Waals surface area contributed by atoms with Crippen molar-refractivity contribution in [2.45, 2.75) is 18.9 Å². The number of likely N-dealkylation sites (tertiary alicyclic amines) is 1. The van der Waals surface area contributed by atoms with Crippen LogP contribution in [0.4, 0.5) is 0 Å². The Kier molecular flexibility index (Phi) is 4.06. The Morgan fingerprint density at radius 3 is 2.80 bits per heavy atom. The van der Waals surface area contributed by atoms with Crippen LogP contribution < -0.4 is 10.5 Å². The lowest BCUT2D eigenvalue weighted by atomic mass is 10.2. The molecule has 1 heterocycles. The summed E-state index contributed by atoms with van der Waals surface area (Å²) in [5, 5.41) is 0. The van der Waals surface area contributed by atoms with Crippen molar-refractivity contribution in [1.82, 2.24) is 9.62 Å². The second-order valence-electron chi connectivity index (χ2n) is 3.57. The van der Waals surface area contributed by atoms with Crippen molar-refractivity contribution in [3.8, 4) is 0 Å². The van der Waals surface area contributed by atoms with Crippen molar-refractivity contribution in [2.24, 2.45) is 5.73 Å². The molecule has 0 aromatic rings. The first-order valence-corrected chi connectivity index (χ1v) is 6.56. The minimum absolute atomic E-state index is 0.0325. The van der Waals surface area contributed by atoms with Gasteiger partial charge in [0.1, 0.15) is 0 Å². The summed E-state index contributed by atoms with van der Waals surface area (Å²) in [5.74, 6) is -0.210. The van der Waals surface area contributed by atoms with Crippen LogP contribution in [0.3, 0.4) is 0 Å². The summed E-state index contributed by atoms with van der Waals surface area (Å²) in [6.45, 7) is 0.552. The summed E-state index contributed by atoms with van der Waals surface area (Å²) in [4.78, 5) is 12.9. The van der Waals surface area contributed by atoms with Crippen LogP contribution in [0.2, 0.25) is 0 Å². The molecule has 1 atom stereocenters. The van der Waals surface area contributed by atoms with Crippen LogP contribution >= 0.6 is 0 Å². The first kappa shape index (κ1) is 12.4. The number of carbonyl (C=O) groups excluding carboxylic acids is 1. The highest BCUT2D eigenvalue weighted by atomic mass is 32.2. The minimum atomic E-state index is -3.26. The Bertz CT molecular complexity index is 328. The topological polar surface area (TPSA) is 92.5 Å². The fraction of sp³-hybridized carbons (Fsp3) is 0.875. The molecule has 1 amide bonds. The van der Waals surface area contributed by atoms with Gasteiger partial charge >= 0.3 is 0 Å². The molecule has 0 radical (unpaired) electrons. The molecule has 15 heavy (non-hydrogen) atoms. The van der Waals surface area contributed by atoms with E-state index in [1.54, 1.807) is 4.90 Å². The number of sulfonamides is 1. The average molecular weight is 235 g/mol. The molecule has 88 valence electrons. The molecule has 0 spiro atoms. The van der Waals surface area contributed by atoms with E-state index in [1.807, 2.05) is 0 Å². The molecular formula is C8H17N3O3S. The Balaban J connectivity index is 2.66. The van der Waals surface area contributed by atoms with Gasteiger partial charge in [0, 0.05) is 12.6 Å². The summed E-state index contributed by atoms with van der Waals surface area (Å²) < 4.78 is 24.9. The van der Waals surface area contributed by atoms with Gasteiger partial charge in [-0.15, -0.1) is 0 Å². The normalized spacial score (nSPS) is 22.0. The molecule has 6 nitrogen and oxygen atoms in total. The molecule has 1 unspecified atom stereocenters. The monoisotopic (exact) mass is 235 g/mol. The van der Waals surface area contributed by atoms with Crippen LogP contribution in [0.5, 0.6) is 0 Å². The van der Waals surface area contributed by atoms with Gasteiger partial charge in [0.2, 0.25) is 15.9 Å². The van der Waals surface area contributed by atoms with Crippen molar-refractivity contribution >= 4 is 15.9 Å². The zero-order valence-corrected chi connectivity index (χ0v) is 9.59. The fourth-order valence-corrected chi connectivity index (χ4v) is 2.81. The molecule has 1 rings (SSSR count). The highest BCUT2D eigenvalue weighted by Gasteiger charge is 2.31. The molecule has 0 bridgehead atoms. The predicted octanol–water partition coefficient (Wildman–Crippen LogP) is -1.51. The zero-order valence-electron chi connectivity index (χ0n) is 8.77. The Hall–Kier alpha value is -0.660. The molecule has 1 saturated heterocycles. The largest absolute Gasteiger partial charge is 0.338 e. The molecule has 1 fully saturated rings. The maximum absolute atomic E-state index is 11.4. The number of carbonyl (C=O) groups is 1. The van der Waals surface area contributed by atoms with Gasteiger partial charge in [-0.1, -0.05) is 0 Å². The molecule has 0 aromatic heterocycles. The maximum atomic E-state index is 11.4. The van der Waals surface area contributed by atoms with E-state index in [0.29, 0.717) is 6.54 Å². The third kappa shape index (κ3) is 3.15. The lowest BCUT2D eigenvalue weighted by molar-refractivity contribution is -0.130. The van der Waals surface area contributed by atoms with Gasteiger partial charge in [-0.2, -0.15) is 0 Å². The highest BCUT2D eigenvalue weighted by Crippen LogP contribution is 2.18. The molecule has 1 aliphatic rings. The van der Waals surface area contributed by atoms with Crippen LogP contribution in [0.15, 0.2) is 0 Å². The van der Waals surface area contributed by atoms with Crippen LogP contribution in [-0.4, -0.2) is 51.2 Å². The van der Waals surface area contributed by atoms with Crippen LogP contribution in [0.1, 0.15) is 12.8 Å². The van der Waals surface area contributed by atoms with Crippen LogP contribution in [0, 0.1) is 0 Å². The maximum Gasteiger partial charge on any atom is 0.236 e. The number of rotatable bonds is 4. The van der Waals surface area contributed by atoms with E-state index in [-0.39, 0.29) is 24.2 Å². The van der Waals surface area contributed by atoms with Gasteiger partial charge in [-0.3, -0.25) is 4.79 Å². The highest BCUT2D eigenvalue weighted by molar-refractivity contribution is 7.89. The third-order valence-corrected chi connectivity index (χ3v) is 4.04. The molecule has 7 heteroatoms. The number of nitrogens with two attached hydrogens (primary N) is 1. The van der Waals surface area contributed by atoms with E-state index < -0.39 is 10.0 Å². The summed E-state index contributed by atoms with van der Waals surface area (Å²) in [6.07, 6.45) is 1.57. The van der Waals surface area contributed by atoms with Gasteiger partial charge in [-0.25, -0.2) is 13.1 Å². The molecular weight excluding hydrogens is 218 g/mol. The van der Waals surface area contributed by atoms with E-state index in [1.165, 1.54) is 7.05 Å². The van der Waals surface area contributed by atoms with E-state index in [4.69, 9.17) is 5.73 Å². The summed E-state index contributed by atoms with van der Waals surface area (Å²) in [6, 6.07) is -0.224. The molecule has 1 aliphatic heterocycles. The SMILES string of the molecule is CNS(=O)(=O)CC1CCCN1C(=O)CN. The number of amides is 1. The van der Waals surface area contributed by atoms with Crippen molar-refractivity contribution < 1.29 is 13.2 Å². The lowest BCUT2D eigenvalue weighted by Gasteiger charge is -2.23. The average Bonchev–Trinajstić information content (AvgIpc) is 2.64. The van der Waals surface area contributed by atoms with Crippen LogP contribution in [0.25, 0.3) is 0 Å². The van der Waals surface area contributed by atoms with Crippen molar-refractivity contribution in [3.05, 3.63) is 0 Å². The van der Waals surface area contributed by atoms with Gasteiger partial charge in [-0.05, 0) is 19.9 Å². The predicted molar refractivity (Wildman–Crippen MR) is 56.6 cm³/mol. The first-order valence-electron chi connectivity index (χ1n) is 4.91. The Morgan fingerprint density at radius 2 is 2.27 bits per heavy atom. The van der Waals surface area contributed by atoms with E-state index in [9.17, 15) is 13.2 Å². The lowest BCUT2D eigenvalue weighted by Crippen LogP contribution is -2.44. The molecule has 0 aliphatic carbocycles. The second-order valence-corrected chi connectivity index (χ2v) is 5.54. The summed E-state index contributed by atoms with van der Waals surface area (Å²) in [7, 11) is -1.89. The van der Waals surface area contributed by atoms with Crippen molar-refractivity contribution in [3.63, 3.8) is 0 Å². The molecule has 0 saturated carbocycles. The fourth-order valence-electron chi connectivity index (χ4n) is 1.79. The van der Waals surface area contributed by atoms with E-state index in [2.05, 4.69) is 4.72 Å². The molecule has 3 N–H and O–H groups in total. The number of hydrogen-bond acceptors (Lipinski definition) is 4. The van der Waals surface area contributed by atoms with Crippen LogP contribution in [-0.2, 0) is 14.8 Å².